The Morgan fingerprint density at radius 3 is 2.65 bits per heavy atom. The summed E-state index contributed by atoms with van der Waals surface area (Å²) in [6, 6.07) is 0.328. The Hall–Kier alpha value is -1.59. The second kappa shape index (κ2) is 5.65. The van der Waals surface area contributed by atoms with Crippen molar-refractivity contribution >= 4 is 11.9 Å². The zero-order valence-electron chi connectivity index (χ0n) is 10.4. The fourth-order valence-corrected chi connectivity index (χ4v) is 1.64. The van der Waals surface area contributed by atoms with Gasteiger partial charge in [0, 0.05) is 13.6 Å². The molecule has 2 rings (SSSR count). The van der Waals surface area contributed by atoms with Crippen molar-refractivity contribution in [3.8, 4) is 6.01 Å². The quantitative estimate of drug-likeness (QED) is 0.701. The van der Waals surface area contributed by atoms with Crippen LogP contribution in [0.25, 0.3) is 0 Å². The number of rotatable bonds is 7. The first-order valence-corrected chi connectivity index (χ1v) is 6.03. The Morgan fingerprint density at radius 1 is 1.24 bits per heavy atom. The molecule has 6 heteroatoms. The van der Waals surface area contributed by atoms with E-state index in [0.717, 1.165) is 18.9 Å². The third kappa shape index (κ3) is 3.72. The van der Waals surface area contributed by atoms with Gasteiger partial charge in [0.25, 0.3) is 0 Å². The first-order valence-electron chi connectivity index (χ1n) is 6.03. The van der Waals surface area contributed by atoms with Crippen LogP contribution in [0.2, 0.25) is 0 Å². The molecule has 1 heterocycles. The van der Waals surface area contributed by atoms with Gasteiger partial charge in [0.2, 0.25) is 11.9 Å². The molecular weight excluding hydrogens is 218 g/mol. The van der Waals surface area contributed by atoms with Gasteiger partial charge in [-0.05, 0) is 18.8 Å². The van der Waals surface area contributed by atoms with Gasteiger partial charge < -0.3 is 15.4 Å². The Kier molecular flexibility index (Phi) is 3.95. The molecule has 2 N–H and O–H groups in total. The predicted molar refractivity (Wildman–Crippen MR) is 66.4 cm³/mol. The van der Waals surface area contributed by atoms with E-state index in [4.69, 9.17) is 4.74 Å². The molecule has 1 fully saturated rings. The molecule has 0 aliphatic heterocycles. The molecule has 1 aliphatic rings. The molecule has 0 unspecified atom stereocenters. The second-order valence-corrected chi connectivity index (χ2v) is 4.23. The minimum atomic E-state index is 0.328. The highest BCUT2D eigenvalue weighted by Gasteiger charge is 2.20. The Balaban J connectivity index is 1.84. The molecule has 0 amide bonds. The van der Waals surface area contributed by atoms with Crippen molar-refractivity contribution in [1.29, 1.82) is 0 Å². The molecule has 1 saturated carbocycles. The van der Waals surface area contributed by atoms with Crippen LogP contribution in [-0.4, -0.2) is 35.7 Å². The summed E-state index contributed by atoms with van der Waals surface area (Å²) in [5, 5.41) is 6.07. The summed E-state index contributed by atoms with van der Waals surface area (Å²) >= 11 is 0. The maximum atomic E-state index is 5.01. The fraction of sp³-hybridized carbons (Fsp3) is 0.727. The predicted octanol–water partition coefficient (Wildman–Crippen LogP) is 1.52. The number of nitrogens with one attached hydrogen (secondary N) is 2. The van der Waals surface area contributed by atoms with Gasteiger partial charge in [-0.2, -0.15) is 15.0 Å². The summed E-state index contributed by atoms with van der Waals surface area (Å²) in [4.78, 5) is 12.4. The lowest BCUT2D eigenvalue weighted by Gasteiger charge is -2.07. The lowest BCUT2D eigenvalue weighted by atomic mass is 10.2. The zero-order valence-corrected chi connectivity index (χ0v) is 10.4. The number of anilines is 2. The van der Waals surface area contributed by atoms with Gasteiger partial charge in [-0.25, -0.2) is 0 Å². The number of aromatic nitrogens is 3. The maximum absolute atomic E-state index is 5.01. The first-order chi connectivity index (χ1) is 8.31. The summed E-state index contributed by atoms with van der Waals surface area (Å²) in [6.45, 7) is 0.896. The highest BCUT2D eigenvalue weighted by Crippen LogP contribution is 2.33. The Labute approximate surface area is 101 Å². The van der Waals surface area contributed by atoms with Crippen LogP contribution in [0, 0.1) is 5.92 Å². The van der Waals surface area contributed by atoms with Crippen LogP contribution >= 0.6 is 0 Å². The lowest BCUT2D eigenvalue weighted by molar-refractivity contribution is 0.379. The number of nitrogens with zero attached hydrogens (tertiary/aromatic N) is 3. The first kappa shape index (κ1) is 11.9. The molecule has 0 bridgehead atoms. The molecular formula is C11H19N5O. The highest BCUT2D eigenvalue weighted by molar-refractivity contribution is 5.35. The van der Waals surface area contributed by atoms with Gasteiger partial charge in [-0.3, -0.25) is 0 Å². The van der Waals surface area contributed by atoms with Gasteiger partial charge in [0.15, 0.2) is 0 Å². The van der Waals surface area contributed by atoms with E-state index in [2.05, 4.69) is 25.6 Å². The number of hydrogen-bond donors (Lipinski definition) is 2. The van der Waals surface area contributed by atoms with Crippen LogP contribution < -0.4 is 15.4 Å². The van der Waals surface area contributed by atoms with Crippen LogP contribution in [-0.2, 0) is 0 Å². The monoisotopic (exact) mass is 237 g/mol. The van der Waals surface area contributed by atoms with Gasteiger partial charge >= 0.3 is 6.01 Å². The largest absolute Gasteiger partial charge is 0.467 e. The van der Waals surface area contributed by atoms with Gasteiger partial charge in [-0.1, -0.05) is 12.8 Å². The van der Waals surface area contributed by atoms with Gasteiger partial charge in [-0.15, -0.1) is 0 Å². The van der Waals surface area contributed by atoms with Crippen molar-refractivity contribution < 1.29 is 4.74 Å². The standard InChI is InChI=1S/C11H19N5O/c1-12-9-14-10(16-11(15-9)17-2)13-7-3-4-8-5-6-8/h8H,3-7H2,1-2H3,(H2,12,13,14,15,16). The third-order valence-electron chi connectivity index (χ3n) is 2.79. The van der Waals surface area contributed by atoms with Crippen molar-refractivity contribution in [2.45, 2.75) is 25.7 Å². The minimum absolute atomic E-state index is 0.328. The molecule has 17 heavy (non-hydrogen) atoms. The van der Waals surface area contributed by atoms with Crippen LogP contribution in [0.15, 0.2) is 0 Å². The summed E-state index contributed by atoms with van der Waals surface area (Å²) in [5.41, 5.74) is 0. The van der Waals surface area contributed by atoms with E-state index in [-0.39, 0.29) is 0 Å². The molecule has 0 spiro atoms. The van der Waals surface area contributed by atoms with E-state index in [9.17, 15) is 0 Å². The van der Waals surface area contributed by atoms with Crippen LogP contribution in [0.1, 0.15) is 25.7 Å². The van der Waals surface area contributed by atoms with Crippen molar-refractivity contribution in [1.82, 2.24) is 15.0 Å². The molecule has 1 aliphatic carbocycles. The molecule has 0 aromatic carbocycles. The van der Waals surface area contributed by atoms with Crippen molar-refractivity contribution in [3.63, 3.8) is 0 Å². The minimum Gasteiger partial charge on any atom is -0.467 e. The summed E-state index contributed by atoms with van der Waals surface area (Å²) < 4.78 is 5.01. The average Bonchev–Trinajstić information content (AvgIpc) is 3.18. The van der Waals surface area contributed by atoms with Gasteiger partial charge in [0.1, 0.15) is 0 Å². The molecule has 94 valence electrons. The van der Waals surface area contributed by atoms with Crippen LogP contribution in [0.5, 0.6) is 6.01 Å². The molecule has 1 aromatic rings. The van der Waals surface area contributed by atoms with E-state index in [1.54, 1.807) is 14.2 Å². The van der Waals surface area contributed by atoms with Crippen LogP contribution in [0.4, 0.5) is 11.9 Å². The van der Waals surface area contributed by atoms with E-state index < -0.39 is 0 Å². The smallest absolute Gasteiger partial charge is 0.322 e. The number of hydrogen-bond acceptors (Lipinski definition) is 6. The Morgan fingerprint density at radius 2 is 2.00 bits per heavy atom. The molecule has 0 radical (unpaired) electrons. The maximum Gasteiger partial charge on any atom is 0.322 e. The second-order valence-electron chi connectivity index (χ2n) is 4.23. The number of ether oxygens (including phenoxy) is 1. The molecule has 6 nitrogen and oxygen atoms in total. The van der Waals surface area contributed by atoms with Crippen molar-refractivity contribution in [2.75, 3.05) is 31.3 Å². The summed E-state index contributed by atoms with van der Waals surface area (Å²) in [5.74, 6) is 2.05. The highest BCUT2D eigenvalue weighted by atomic mass is 16.5. The van der Waals surface area contributed by atoms with E-state index in [0.29, 0.717) is 17.9 Å². The van der Waals surface area contributed by atoms with E-state index >= 15 is 0 Å². The topological polar surface area (TPSA) is 72.0 Å². The van der Waals surface area contributed by atoms with Crippen molar-refractivity contribution in [3.05, 3.63) is 0 Å². The van der Waals surface area contributed by atoms with Crippen LogP contribution in [0.3, 0.4) is 0 Å². The average molecular weight is 237 g/mol. The fourth-order valence-electron chi connectivity index (χ4n) is 1.64. The zero-order chi connectivity index (χ0) is 12.1. The Bertz CT molecular complexity index is 345. The van der Waals surface area contributed by atoms with Crippen molar-refractivity contribution in [2.24, 2.45) is 5.92 Å². The lowest BCUT2D eigenvalue weighted by Crippen LogP contribution is -2.09. The van der Waals surface area contributed by atoms with E-state index in [1.807, 2.05) is 0 Å². The molecule has 0 atom stereocenters. The number of methoxy groups -OCH3 is 1. The summed E-state index contributed by atoms with van der Waals surface area (Å²) in [7, 11) is 3.32. The molecule has 0 saturated heterocycles. The summed E-state index contributed by atoms with van der Waals surface area (Å²) in [6.07, 6.45) is 5.27. The molecule has 1 aromatic heterocycles. The third-order valence-corrected chi connectivity index (χ3v) is 2.79. The van der Waals surface area contributed by atoms with Gasteiger partial charge in [0.05, 0.1) is 7.11 Å². The van der Waals surface area contributed by atoms with E-state index in [1.165, 1.54) is 19.3 Å². The normalized spacial score (nSPS) is 14.5. The SMILES string of the molecule is CNc1nc(NCCCC2CC2)nc(OC)n1.